The monoisotopic (exact) mass is 169 g/mol. The summed E-state index contributed by atoms with van der Waals surface area (Å²) in [6.45, 7) is 1.61. The summed E-state index contributed by atoms with van der Waals surface area (Å²) in [4.78, 5) is 21.2. The van der Waals surface area contributed by atoms with Gasteiger partial charge in [-0.3, -0.25) is 4.79 Å². The van der Waals surface area contributed by atoms with E-state index in [9.17, 15) is 9.59 Å². The number of hydrogen-bond acceptors (Lipinski definition) is 2. The Kier molecular flexibility index (Phi) is 4.31. The van der Waals surface area contributed by atoms with E-state index in [0.29, 0.717) is 0 Å². The predicted octanol–water partition coefficient (Wildman–Crippen LogP) is -1.21. The molecular formula is C7H11N3O2. The highest BCUT2D eigenvalue weighted by Crippen LogP contribution is 1.77. The second-order valence-electron chi connectivity index (χ2n) is 2.16. The second kappa shape index (κ2) is 5.02. The minimum absolute atomic E-state index is 0.122. The number of primary amides is 1. The SMILES string of the molecule is C#CCNC(=O)N[C@@H](C)C(N)=O. The van der Waals surface area contributed by atoms with Gasteiger partial charge in [-0.2, -0.15) is 0 Å². The molecule has 3 amide bonds. The van der Waals surface area contributed by atoms with Crippen molar-refractivity contribution in [2.45, 2.75) is 13.0 Å². The van der Waals surface area contributed by atoms with Crippen LogP contribution in [-0.4, -0.2) is 24.5 Å². The Balaban J connectivity index is 3.71. The van der Waals surface area contributed by atoms with Gasteiger partial charge >= 0.3 is 6.03 Å². The molecule has 0 unspecified atom stereocenters. The zero-order valence-electron chi connectivity index (χ0n) is 6.76. The molecule has 0 radical (unpaired) electrons. The maximum absolute atomic E-state index is 10.8. The van der Waals surface area contributed by atoms with Gasteiger partial charge in [-0.05, 0) is 6.92 Å². The van der Waals surface area contributed by atoms with E-state index in [4.69, 9.17) is 12.2 Å². The fourth-order valence-electron chi connectivity index (χ4n) is 0.450. The molecule has 0 saturated carbocycles. The zero-order valence-corrected chi connectivity index (χ0v) is 6.76. The van der Waals surface area contributed by atoms with Gasteiger partial charge in [0.25, 0.3) is 0 Å². The lowest BCUT2D eigenvalue weighted by molar-refractivity contribution is -0.119. The molecule has 0 aliphatic heterocycles. The molecule has 0 aliphatic carbocycles. The van der Waals surface area contributed by atoms with Gasteiger partial charge < -0.3 is 16.4 Å². The quantitative estimate of drug-likeness (QED) is 0.463. The summed E-state index contributed by atoms with van der Waals surface area (Å²) < 4.78 is 0. The average molecular weight is 169 g/mol. The van der Waals surface area contributed by atoms with E-state index in [1.165, 1.54) is 6.92 Å². The van der Waals surface area contributed by atoms with E-state index < -0.39 is 18.0 Å². The van der Waals surface area contributed by atoms with Crippen molar-refractivity contribution in [3.05, 3.63) is 0 Å². The molecule has 5 heteroatoms. The molecule has 4 N–H and O–H groups in total. The van der Waals surface area contributed by atoms with E-state index in [1.54, 1.807) is 0 Å². The highest BCUT2D eigenvalue weighted by atomic mass is 16.2. The average Bonchev–Trinajstić information content (AvgIpc) is 2.00. The maximum atomic E-state index is 10.8. The summed E-state index contributed by atoms with van der Waals surface area (Å²) in [5.74, 6) is 1.62. The molecule has 0 aromatic carbocycles. The maximum Gasteiger partial charge on any atom is 0.316 e. The first-order valence-corrected chi connectivity index (χ1v) is 3.35. The molecule has 12 heavy (non-hydrogen) atoms. The molecule has 0 aromatic heterocycles. The Morgan fingerprint density at radius 1 is 1.67 bits per heavy atom. The first kappa shape index (κ1) is 10.3. The lowest BCUT2D eigenvalue weighted by Gasteiger charge is -2.09. The summed E-state index contributed by atoms with van der Waals surface area (Å²) in [7, 11) is 0. The highest BCUT2D eigenvalue weighted by molar-refractivity contribution is 5.85. The van der Waals surface area contributed by atoms with E-state index in [2.05, 4.69) is 16.6 Å². The lowest BCUT2D eigenvalue weighted by atomic mass is 10.3. The molecule has 66 valence electrons. The number of urea groups is 1. The van der Waals surface area contributed by atoms with Crippen LogP contribution in [0.3, 0.4) is 0 Å². The Morgan fingerprint density at radius 2 is 2.25 bits per heavy atom. The number of carbonyl (C=O) groups excluding carboxylic acids is 2. The third kappa shape index (κ3) is 4.17. The van der Waals surface area contributed by atoms with Crippen molar-refractivity contribution in [3.8, 4) is 12.3 Å². The van der Waals surface area contributed by atoms with E-state index in [0.717, 1.165) is 0 Å². The number of terminal acetylenes is 1. The molecule has 0 rings (SSSR count). The van der Waals surface area contributed by atoms with Gasteiger partial charge in [0.15, 0.2) is 0 Å². The van der Waals surface area contributed by atoms with Gasteiger partial charge in [-0.25, -0.2) is 4.79 Å². The van der Waals surface area contributed by atoms with Crippen LogP contribution in [0.25, 0.3) is 0 Å². The van der Waals surface area contributed by atoms with Crippen LogP contribution in [0.4, 0.5) is 4.79 Å². The van der Waals surface area contributed by atoms with Gasteiger partial charge in [-0.1, -0.05) is 5.92 Å². The number of carbonyl (C=O) groups is 2. The van der Waals surface area contributed by atoms with Crippen LogP contribution in [0.15, 0.2) is 0 Å². The van der Waals surface area contributed by atoms with Crippen LogP contribution < -0.4 is 16.4 Å². The molecule has 1 atom stereocenters. The van der Waals surface area contributed by atoms with Crippen LogP contribution in [0.2, 0.25) is 0 Å². The molecule has 0 heterocycles. The van der Waals surface area contributed by atoms with Gasteiger partial charge in [0.2, 0.25) is 5.91 Å². The first-order valence-electron chi connectivity index (χ1n) is 3.35. The van der Waals surface area contributed by atoms with Crippen molar-refractivity contribution in [3.63, 3.8) is 0 Å². The van der Waals surface area contributed by atoms with Gasteiger partial charge in [0.05, 0.1) is 6.54 Å². The second-order valence-corrected chi connectivity index (χ2v) is 2.16. The number of rotatable bonds is 3. The van der Waals surface area contributed by atoms with Gasteiger partial charge in [0, 0.05) is 0 Å². The van der Waals surface area contributed by atoms with Crippen molar-refractivity contribution in [2.24, 2.45) is 5.73 Å². The minimum atomic E-state index is -0.692. The molecule has 0 fully saturated rings. The zero-order chi connectivity index (χ0) is 9.56. The van der Waals surface area contributed by atoms with E-state index in [-0.39, 0.29) is 6.54 Å². The molecule has 0 spiro atoms. The molecule has 0 bridgehead atoms. The number of amides is 3. The normalized spacial score (nSPS) is 11.0. The fraction of sp³-hybridized carbons (Fsp3) is 0.429. The van der Waals surface area contributed by atoms with Gasteiger partial charge in [-0.15, -0.1) is 6.42 Å². The Hall–Kier alpha value is -1.70. The fourth-order valence-corrected chi connectivity index (χ4v) is 0.450. The van der Waals surface area contributed by atoms with Crippen LogP contribution >= 0.6 is 0 Å². The van der Waals surface area contributed by atoms with Gasteiger partial charge in [0.1, 0.15) is 6.04 Å². The summed E-state index contributed by atoms with van der Waals surface area (Å²) in [5.41, 5.74) is 4.89. The largest absolute Gasteiger partial charge is 0.368 e. The van der Waals surface area contributed by atoms with E-state index >= 15 is 0 Å². The molecule has 5 nitrogen and oxygen atoms in total. The minimum Gasteiger partial charge on any atom is -0.368 e. The standard InChI is InChI=1S/C7H11N3O2/c1-3-4-9-7(12)10-5(2)6(8)11/h1,5H,4H2,2H3,(H2,8,11)(H2,9,10,12)/t5-/m0/s1. The molecule has 0 saturated heterocycles. The topological polar surface area (TPSA) is 84.2 Å². The number of hydrogen-bond donors (Lipinski definition) is 3. The summed E-state index contributed by atoms with van der Waals surface area (Å²) >= 11 is 0. The van der Waals surface area contributed by atoms with Crippen molar-refractivity contribution in [1.29, 1.82) is 0 Å². The summed E-state index contributed by atoms with van der Waals surface area (Å²) in [6.07, 6.45) is 4.88. The van der Waals surface area contributed by atoms with Crippen molar-refractivity contribution < 1.29 is 9.59 Å². The van der Waals surface area contributed by atoms with Crippen molar-refractivity contribution in [2.75, 3.05) is 6.54 Å². The van der Waals surface area contributed by atoms with E-state index in [1.807, 2.05) is 0 Å². The predicted molar refractivity (Wildman–Crippen MR) is 44.0 cm³/mol. The van der Waals surface area contributed by atoms with Crippen molar-refractivity contribution in [1.82, 2.24) is 10.6 Å². The Labute approximate surface area is 70.7 Å². The third-order valence-corrected chi connectivity index (χ3v) is 1.13. The van der Waals surface area contributed by atoms with Crippen molar-refractivity contribution >= 4 is 11.9 Å². The van der Waals surface area contributed by atoms with Crippen LogP contribution in [0, 0.1) is 12.3 Å². The summed E-state index contributed by atoms with van der Waals surface area (Å²) in [5, 5.41) is 4.62. The molecule has 0 aromatic rings. The van der Waals surface area contributed by atoms with Crippen LogP contribution in [-0.2, 0) is 4.79 Å². The number of nitrogens with two attached hydrogens (primary N) is 1. The lowest BCUT2D eigenvalue weighted by Crippen LogP contribution is -2.46. The highest BCUT2D eigenvalue weighted by Gasteiger charge is 2.10. The Bertz CT molecular complexity index is 219. The smallest absolute Gasteiger partial charge is 0.316 e. The third-order valence-electron chi connectivity index (χ3n) is 1.13. The van der Waals surface area contributed by atoms with Crippen LogP contribution in [0.5, 0.6) is 0 Å². The summed E-state index contributed by atoms with van der Waals surface area (Å²) in [6, 6.07) is -1.19. The number of nitrogens with one attached hydrogen (secondary N) is 2. The molecule has 0 aliphatic rings. The first-order chi connectivity index (χ1) is 5.57. The Morgan fingerprint density at radius 3 is 2.67 bits per heavy atom. The molecular weight excluding hydrogens is 158 g/mol. The van der Waals surface area contributed by atoms with Crippen LogP contribution in [0.1, 0.15) is 6.92 Å².